The second kappa shape index (κ2) is 4.05. The molecule has 0 spiro atoms. The van der Waals surface area contributed by atoms with Crippen LogP contribution >= 0.6 is 0 Å². The van der Waals surface area contributed by atoms with Crippen molar-refractivity contribution in [2.24, 2.45) is 16.9 Å². The third kappa shape index (κ3) is 1.90. The van der Waals surface area contributed by atoms with Crippen LogP contribution in [0.5, 0.6) is 0 Å². The van der Waals surface area contributed by atoms with Crippen LogP contribution in [0.3, 0.4) is 0 Å². The van der Waals surface area contributed by atoms with Gasteiger partial charge in [-0.1, -0.05) is 0 Å². The van der Waals surface area contributed by atoms with Crippen molar-refractivity contribution in [3.05, 3.63) is 30.1 Å². The molecule has 1 fully saturated rings. The van der Waals surface area contributed by atoms with E-state index in [-0.39, 0.29) is 10.8 Å². The smallest absolute Gasteiger partial charge is 0.201 e. The van der Waals surface area contributed by atoms with Crippen LogP contribution in [0.2, 0.25) is 0 Å². The molecule has 6 heteroatoms. The molecule has 0 amide bonds. The number of nitrogens with zero attached hydrogens (tertiary/aromatic N) is 1. The van der Waals surface area contributed by atoms with Crippen LogP contribution in [0.15, 0.2) is 34.3 Å². The van der Waals surface area contributed by atoms with Crippen molar-refractivity contribution >= 4 is 16.1 Å². The van der Waals surface area contributed by atoms with Crippen LogP contribution in [0.4, 0.5) is 4.39 Å². The van der Waals surface area contributed by atoms with Crippen LogP contribution in [0, 0.1) is 17.7 Å². The molecule has 2 atom stereocenters. The predicted molar refractivity (Wildman–Crippen MR) is 65.2 cm³/mol. The minimum Gasteiger partial charge on any atom is -0.291 e. The molecule has 2 unspecified atom stereocenters. The number of halogens is 1. The summed E-state index contributed by atoms with van der Waals surface area (Å²) in [6, 6.07) is 4.92. The molecule has 3 rings (SSSR count). The van der Waals surface area contributed by atoms with E-state index in [0.717, 1.165) is 25.0 Å². The first-order valence-corrected chi connectivity index (χ1v) is 7.42. The molecular formula is C12H13FN2O2S. The van der Waals surface area contributed by atoms with Gasteiger partial charge in [-0.3, -0.25) is 5.43 Å². The normalized spacial score (nSPS) is 27.2. The number of benzene rings is 1. The summed E-state index contributed by atoms with van der Waals surface area (Å²) < 4.78 is 37.7. The van der Waals surface area contributed by atoms with E-state index in [2.05, 4.69) is 10.5 Å². The molecule has 1 aliphatic heterocycles. The Labute approximate surface area is 105 Å². The molecule has 0 radical (unpaired) electrons. The number of hydrogen-bond acceptors (Lipinski definition) is 4. The van der Waals surface area contributed by atoms with Crippen LogP contribution in [-0.2, 0) is 9.84 Å². The van der Waals surface area contributed by atoms with Crippen molar-refractivity contribution in [2.45, 2.75) is 23.1 Å². The lowest BCUT2D eigenvalue weighted by molar-refractivity contribution is 0.504. The molecule has 2 aliphatic rings. The van der Waals surface area contributed by atoms with Gasteiger partial charge in [0.15, 0.2) is 5.37 Å². The summed E-state index contributed by atoms with van der Waals surface area (Å²) in [5.41, 5.74) is 2.67. The Balaban J connectivity index is 1.92. The third-order valence-corrected chi connectivity index (χ3v) is 5.46. The summed E-state index contributed by atoms with van der Waals surface area (Å²) in [7, 11) is -3.51. The van der Waals surface area contributed by atoms with Crippen molar-refractivity contribution in [2.75, 3.05) is 0 Å². The first-order valence-electron chi connectivity index (χ1n) is 5.87. The van der Waals surface area contributed by atoms with Gasteiger partial charge in [0.1, 0.15) is 5.82 Å². The van der Waals surface area contributed by atoms with E-state index in [9.17, 15) is 12.8 Å². The lowest BCUT2D eigenvalue weighted by atomic mass is 10.1. The van der Waals surface area contributed by atoms with Crippen molar-refractivity contribution in [3.63, 3.8) is 0 Å². The standard InChI is InChI=1S/C12H13FN2O2S/c13-9-3-5-10(6-4-9)18(16,17)12-11(7-14-15-12)8-1-2-8/h3-8,11-12,15H,1-2H2. The van der Waals surface area contributed by atoms with Gasteiger partial charge in [0, 0.05) is 12.1 Å². The minimum absolute atomic E-state index is 0.0694. The van der Waals surface area contributed by atoms with Gasteiger partial charge in [-0.2, -0.15) is 5.10 Å². The first kappa shape index (κ1) is 11.6. The maximum atomic E-state index is 12.8. The SMILES string of the molecule is O=S(=O)(c1ccc(F)cc1)C1NN=CC1C1CC1. The van der Waals surface area contributed by atoms with E-state index in [1.807, 2.05) is 0 Å². The largest absolute Gasteiger partial charge is 0.291 e. The van der Waals surface area contributed by atoms with Crippen molar-refractivity contribution in [1.29, 1.82) is 0 Å². The van der Waals surface area contributed by atoms with Gasteiger partial charge in [0.25, 0.3) is 0 Å². The molecule has 1 aromatic rings. The predicted octanol–water partition coefficient (Wildman–Crippen LogP) is 1.54. The number of hydrazone groups is 1. The number of rotatable bonds is 3. The van der Waals surface area contributed by atoms with Gasteiger partial charge >= 0.3 is 0 Å². The van der Waals surface area contributed by atoms with Crippen LogP contribution in [0.1, 0.15) is 12.8 Å². The summed E-state index contributed by atoms with van der Waals surface area (Å²) in [6.45, 7) is 0. The van der Waals surface area contributed by atoms with Crippen molar-refractivity contribution in [3.8, 4) is 0 Å². The Morgan fingerprint density at radius 3 is 2.50 bits per heavy atom. The van der Waals surface area contributed by atoms with E-state index in [1.165, 1.54) is 12.1 Å². The summed E-state index contributed by atoms with van der Waals surface area (Å²) >= 11 is 0. The van der Waals surface area contributed by atoms with E-state index >= 15 is 0 Å². The molecule has 4 nitrogen and oxygen atoms in total. The van der Waals surface area contributed by atoms with Crippen LogP contribution < -0.4 is 5.43 Å². The molecular weight excluding hydrogens is 255 g/mol. The van der Waals surface area contributed by atoms with Crippen LogP contribution in [0.25, 0.3) is 0 Å². The van der Waals surface area contributed by atoms with Gasteiger partial charge in [0.2, 0.25) is 9.84 Å². The zero-order valence-corrected chi connectivity index (χ0v) is 10.4. The Hall–Kier alpha value is -1.43. The molecule has 0 saturated heterocycles. The molecule has 1 saturated carbocycles. The highest BCUT2D eigenvalue weighted by molar-refractivity contribution is 7.92. The van der Waals surface area contributed by atoms with Crippen LogP contribution in [-0.4, -0.2) is 20.0 Å². The molecule has 1 aromatic carbocycles. The van der Waals surface area contributed by atoms with Gasteiger partial charge in [-0.05, 0) is 43.0 Å². The summed E-state index contributed by atoms with van der Waals surface area (Å²) in [5, 5.41) is 3.18. The average Bonchev–Trinajstić information content (AvgIpc) is 3.07. The number of nitrogens with one attached hydrogen (secondary N) is 1. The monoisotopic (exact) mass is 268 g/mol. The zero-order chi connectivity index (χ0) is 12.8. The van der Waals surface area contributed by atoms with Crippen molar-refractivity contribution < 1.29 is 12.8 Å². The Morgan fingerprint density at radius 2 is 1.89 bits per heavy atom. The van der Waals surface area contributed by atoms with Gasteiger partial charge in [0.05, 0.1) is 4.90 Å². The fourth-order valence-electron chi connectivity index (χ4n) is 2.26. The first-order chi connectivity index (χ1) is 8.59. The maximum absolute atomic E-state index is 12.8. The fraction of sp³-hybridized carbons (Fsp3) is 0.417. The second-order valence-corrected chi connectivity index (χ2v) is 6.81. The Kier molecular flexibility index (Phi) is 2.62. The molecule has 1 N–H and O–H groups in total. The van der Waals surface area contributed by atoms with Gasteiger partial charge in [-0.15, -0.1) is 0 Å². The van der Waals surface area contributed by atoms with E-state index < -0.39 is 21.0 Å². The fourth-order valence-corrected chi connectivity index (χ4v) is 3.98. The third-order valence-electron chi connectivity index (χ3n) is 3.44. The highest BCUT2D eigenvalue weighted by Gasteiger charge is 2.44. The number of hydrogen-bond donors (Lipinski definition) is 1. The minimum atomic E-state index is -3.51. The summed E-state index contributed by atoms with van der Waals surface area (Å²) in [5.74, 6) is -0.104. The lowest BCUT2D eigenvalue weighted by Crippen LogP contribution is -2.37. The molecule has 96 valence electrons. The summed E-state index contributed by atoms with van der Waals surface area (Å²) in [4.78, 5) is 0.137. The van der Waals surface area contributed by atoms with Gasteiger partial charge < -0.3 is 0 Å². The van der Waals surface area contributed by atoms with Crippen molar-refractivity contribution in [1.82, 2.24) is 5.43 Å². The van der Waals surface area contributed by atoms with Gasteiger partial charge in [-0.25, -0.2) is 12.8 Å². The zero-order valence-electron chi connectivity index (χ0n) is 9.58. The second-order valence-electron chi connectivity index (χ2n) is 4.74. The molecule has 1 aliphatic carbocycles. The molecule has 0 bridgehead atoms. The Morgan fingerprint density at radius 1 is 1.22 bits per heavy atom. The highest BCUT2D eigenvalue weighted by atomic mass is 32.2. The quantitative estimate of drug-likeness (QED) is 0.846. The summed E-state index contributed by atoms with van der Waals surface area (Å²) in [6.07, 6.45) is 3.78. The van der Waals surface area contributed by atoms with E-state index in [0.29, 0.717) is 5.92 Å². The van der Waals surface area contributed by atoms with E-state index in [4.69, 9.17) is 0 Å². The highest BCUT2D eigenvalue weighted by Crippen LogP contribution is 2.41. The molecule has 0 aromatic heterocycles. The molecule has 18 heavy (non-hydrogen) atoms. The maximum Gasteiger partial charge on any atom is 0.201 e. The lowest BCUT2D eigenvalue weighted by Gasteiger charge is -2.18. The number of sulfone groups is 1. The topological polar surface area (TPSA) is 58.5 Å². The Bertz CT molecular complexity index is 579. The van der Waals surface area contributed by atoms with E-state index in [1.54, 1.807) is 6.21 Å². The molecule has 1 heterocycles. The average molecular weight is 268 g/mol.